The normalized spacial score (nSPS) is 12.2. The van der Waals surface area contributed by atoms with Crippen molar-refractivity contribution in [2.75, 3.05) is 6.61 Å². The Labute approximate surface area is 130 Å². The van der Waals surface area contributed by atoms with Crippen molar-refractivity contribution in [2.45, 2.75) is 39.7 Å². The molecule has 0 aliphatic carbocycles. The maximum absolute atomic E-state index is 12.3. The average molecular weight is 302 g/mol. The number of benzene rings is 1. The van der Waals surface area contributed by atoms with Crippen LogP contribution in [0.5, 0.6) is 0 Å². The molecule has 6 nitrogen and oxygen atoms in total. The maximum Gasteiger partial charge on any atom is 0.273 e. The van der Waals surface area contributed by atoms with Crippen molar-refractivity contribution in [2.24, 2.45) is 0 Å². The minimum atomic E-state index is -0.254. The van der Waals surface area contributed by atoms with E-state index in [4.69, 9.17) is 5.11 Å². The topological polar surface area (TPSA) is 80.0 Å². The van der Waals surface area contributed by atoms with Crippen LogP contribution >= 0.6 is 0 Å². The molecule has 1 amide bonds. The van der Waals surface area contributed by atoms with Crippen LogP contribution in [0, 0.1) is 13.8 Å². The first-order valence-corrected chi connectivity index (χ1v) is 7.47. The first kappa shape index (κ1) is 16.2. The largest absolute Gasteiger partial charge is 0.396 e. The van der Waals surface area contributed by atoms with Crippen molar-refractivity contribution >= 4 is 5.91 Å². The van der Waals surface area contributed by atoms with Gasteiger partial charge in [-0.1, -0.05) is 29.8 Å². The van der Waals surface area contributed by atoms with Crippen molar-refractivity contribution in [1.82, 2.24) is 20.3 Å². The SMILES string of the molecule is CCC(CCO)NC(=O)c1nnn(-c2ccc(C)cc2)c1C. The molecule has 0 fully saturated rings. The molecule has 0 saturated carbocycles. The second-order valence-corrected chi connectivity index (χ2v) is 5.36. The number of aliphatic hydroxyl groups excluding tert-OH is 1. The van der Waals surface area contributed by atoms with Gasteiger partial charge in [-0.05, 0) is 38.8 Å². The lowest BCUT2D eigenvalue weighted by Gasteiger charge is -2.14. The Kier molecular flexibility index (Phi) is 5.27. The summed E-state index contributed by atoms with van der Waals surface area (Å²) in [5, 5.41) is 20.0. The van der Waals surface area contributed by atoms with Gasteiger partial charge >= 0.3 is 0 Å². The number of amides is 1. The molecule has 0 saturated heterocycles. The van der Waals surface area contributed by atoms with Gasteiger partial charge in [0, 0.05) is 12.6 Å². The molecule has 2 N–H and O–H groups in total. The number of carbonyl (C=O) groups excluding carboxylic acids is 1. The van der Waals surface area contributed by atoms with Crippen LogP contribution in [0.4, 0.5) is 0 Å². The lowest BCUT2D eigenvalue weighted by molar-refractivity contribution is 0.0923. The van der Waals surface area contributed by atoms with Crippen LogP contribution in [-0.2, 0) is 0 Å². The van der Waals surface area contributed by atoms with Gasteiger partial charge in [-0.3, -0.25) is 4.79 Å². The monoisotopic (exact) mass is 302 g/mol. The van der Waals surface area contributed by atoms with E-state index < -0.39 is 0 Å². The molecule has 2 rings (SSSR count). The third-order valence-corrected chi connectivity index (χ3v) is 3.69. The molecule has 6 heteroatoms. The van der Waals surface area contributed by atoms with E-state index in [1.807, 2.05) is 45.0 Å². The summed E-state index contributed by atoms with van der Waals surface area (Å²) in [5.74, 6) is -0.254. The average Bonchev–Trinajstić information content (AvgIpc) is 2.89. The highest BCUT2D eigenvalue weighted by Crippen LogP contribution is 2.13. The number of nitrogens with one attached hydrogen (secondary N) is 1. The highest BCUT2D eigenvalue weighted by molar-refractivity contribution is 5.93. The minimum absolute atomic E-state index is 0.0494. The molecule has 0 aliphatic heterocycles. The number of rotatable bonds is 6. The molecule has 1 unspecified atom stereocenters. The van der Waals surface area contributed by atoms with Gasteiger partial charge in [0.15, 0.2) is 5.69 Å². The number of hydrogen-bond donors (Lipinski definition) is 2. The third kappa shape index (κ3) is 3.51. The molecule has 0 bridgehead atoms. The van der Waals surface area contributed by atoms with Crippen LogP contribution in [-0.4, -0.2) is 38.7 Å². The molecule has 0 spiro atoms. The van der Waals surface area contributed by atoms with Crippen LogP contribution in [0.2, 0.25) is 0 Å². The number of carbonyl (C=O) groups is 1. The Morgan fingerprint density at radius 3 is 2.59 bits per heavy atom. The Balaban J connectivity index is 2.20. The molecule has 1 heterocycles. The van der Waals surface area contributed by atoms with Gasteiger partial charge in [0.2, 0.25) is 0 Å². The first-order chi connectivity index (χ1) is 10.6. The van der Waals surface area contributed by atoms with Crippen molar-refractivity contribution in [3.63, 3.8) is 0 Å². The van der Waals surface area contributed by atoms with E-state index >= 15 is 0 Å². The summed E-state index contributed by atoms with van der Waals surface area (Å²) >= 11 is 0. The van der Waals surface area contributed by atoms with Crippen LogP contribution in [0.1, 0.15) is 41.5 Å². The zero-order valence-electron chi connectivity index (χ0n) is 13.2. The number of aromatic nitrogens is 3. The maximum atomic E-state index is 12.3. The van der Waals surface area contributed by atoms with Crippen LogP contribution in [0.15, 0.2) is 24.3 Å². The fraction of sp³-hybridized carbons (Fsp3) is 0.438. The summed E-state index contributed by atoms with van der Waals surface area (Å²) in [6.07, 6.45) is 1.30. The summed E-state index contributed by atoms with van der Waals surface area (Å²) in [6.45, 7) is 5.86. The zero-order chi connectivity index (χ0) is 16.1. The van der Waals surface area contributed by atoms with E-state index in [2.05, 4.69) is 15.6 Å². The number of aliphatic hydroxyl groups is 1. The predicted molar refractivity (Wildman–Crippen MR) is 84.1 cm³/mol. The molecular weight excluding hydrogens is 280 g/mol. The predicted octanol–water partition coefficient (Wildman–Crippen LogP) is 1.77. The van der Waals surface area contributed by atoms with Crippen LogP contribution in [0.3, 0.4) is 0 Å². The highest BCUT2D eigenvalue weighted by atomic mass is 16.3. The lowest BCUT2D eigenvalue weighted by atomic mass is 10.1. The van der Waals surface area contributed by atoms with E-state index in [1.165, 1.54) is 0 Å². The zero-order valence-corrected chi connectivity index (χ0v) is 13.2. The van der Waals surface area contributed by atoms with Crippen molar-refractivity contribution in [1.29, 1.82) is 0 Å². The van der Waals surface area contributed by atoms with Crippen molar-refractivity contribution < 1.29 is 9.90 Å². The quantitative estimate of drug-likeness (QED) is 0.852. The molecule has 22 heavy (non-hydrogen) atoms. The first-order valence-electron chi connectivity index (χ1n) is 7.47. The van der Waals surface area contributed by atoms with Gasteiger partial charge in [-0.15, -0.1) is 5.10 Å². The number of nitrogens with zero attached hydrogens (tertiary/aromatic N) is 3. The second-order valence-electron chi connectivity index (χ2n) is 5.36. The molecule has 2 aromatic rings. The van der Waals surface area contributed by atoms with Crippen molar-refractivity contribution in [3.05, 3.63) is 41.2 Å². The molecule has 1 aromatic carbocycles. The molecular formula is C16H22N4O2. The van der Waals surface area contributed by atoms with E-state index in [1.54, 1.807) is 4.68 Å². The van der Waals surface area contributed by atoms with Gasteiger partial charge in [0.05, 0.1) is 11.4 Å². The summed E-state index contributed by atoms with van der Waals surface area (Å²) < 4.78 is 1.65. The Morgan fingerprint density at radius 1 is 1.32 bits per heavy atom. The molecule has 1 aromatic heterocycles. The smallest absolute Gasteiger partial charge is 0.273 e. The number of hydrogen-bond acceptors (Lipinski definition) is 4. The van der Waals surface area contributed by atoms with Crippen LogP contribution < -0.4 is 5.32 Å². The standard InChI is InChI=1S/C16H22N4O2/c1-4-13(9-10-21)17-16(22)15-12(3)20(19-18-15)14-7-5-11(2)6-8-14/h5-8,13,21H,4,9-10H2,1-3H3,(H,17,22). The van der Waals surface area contributed by atoms with E-state index in [-0.39, 0.29) is 18.6 Å². The van der Waals surface area contributed by atoms with Gasteiger partial charge in [-0.2, -0.15) is 0 Å². The second kappa shape index (κ2) is 7.17. The number of aryl methyl sites for hydroxylation is 1. The molecule has 0 radical (unpaired) electrons. The summed E-state index contributed by atoms with van der Waals surface area (Å²) in [6, 6.07) is 7.81. The molecule has 118 valence electrons. The highest BCUT2D eigenvalue weighted by Gasteiger charge is 2.19. The Morgan fingerprint density at radius 2 is 2.00 bits per heavy atom. The molecule has 0 aliphatic rings. The Bertz CT molecular complexity index is 634. The van der Waals surface area contributed by atoms with E-state index in [0.29, 0.717) is 17.8 Å². The Hall–Kier alpha value is -2.21. The summed E-state index contributed by atoms with van der Waals surface area (Å²) in [7, 11) is 0. The van der Waals surface area contributed by atoms with E-state index in [9.17, 15) is 4.79 Å². The van der Waals surface area contributed by atoms with E-state index in [0.717, 1.165) is 17.7 Å². The fourth-order valence-corrected chi connectivity index (χ4v) is 2.26. The van der Waals surface area contributed by atoms with Gasteiger partial charge in [0.25, 0.3) is 5.91 Å². The van der Waals surface area contributed by atoms with Crippen LogP contribution in [0.25, 0.3) is 5.69 Å². The van der Waals surface area contributed by atoms with Gasteiger partial charge in [-0.25, -0.2) is 4.68 Å². The molecule has 1 atom stereocenters. The fourth-order valence-electron chi connectivity index (χ4n) is 2.26. The van der Waals surface area contributed by atoms with Gasteiger partial charge in [0.1, 0.15) is 0 Å². The summed E-state index contributed by atoms with van der Waals surface area (Å²) in [4.78, 5) is 12.3. The van der Waals surface area contributed by atoms with Gasteiger partial charge < -0.3 is 10.4 Å². The van der Waals surface area contributed by atoms with Crippen molar-refractivity contribution in [3.8, 4) is 5.69 Å². The third-order valence-electron chi connectivity index (χ3n) is 3.69. The summed E-state index contributed by atoms with van der Waals surface area (Å²) in [5.41, 5.74) is 3.04. The minimum Gasteiger partial charge on any atom is -0.396 e. The lowest BCUT2D eigenvalue weighted by Crippen LogP contribution is -2.35.